The van der Waals surface area contributed by atoms with Gasteiger partial charge in [-0.2, -0.15) is 0 Å². The van der Waals surface area contributed by atoms with Crippen molar-refractivity contribution in [1.29, 1.82) is 0 Å². The van der Waals surface area contributed by atoms with Crippen LogP contribution in [0.1, 0.15) is 52.4 Å². The van der Waals surface area contributed by atoms with E-state index >= 15 is 0 Å². The third kappa shape index (κ3) is 2.29. The van der Waals surface area contributed by atoms with Crippen molar-refractivity contribution in [1.82, 2.24) is 0 Å². The highest BCUT2D eigenvalue weighted by Crippen LogP contribution is 2.61. The molecular formula is C16H24N2O2. The molecule has 4 rings (SSSR count). The summed E-state index contributed by atoms with van der Waals surface area (Å²) in [4.78, 5) is 15.8. The van der Waals surface area contributed by atoms with Gasteiger partial charge in [0.15, 0.2) is 11.5 Å². The first-order chi connectivity index (χ1) is 9.52. The van der Waals surface area contributed by atoms with Crippen LogP contribution in [0.2, 0.25) is 0 Å². The molecule has 0 amide bonds. The first kappa shape index (κ1) is 13.8. The predicted octanol–water partition coefficient (Wildman–Crippen LogP) is 3.08. The molecule has 4 nitrogen and oxygen atoms in total. The summed E-state index contributed by atoms with van der Waals surface area (Å²) >= 11 is 0. The van der Waals surface area contributed by atoms with Crippen molar-refractivity contribution in [2.24, 2.45) is 33.3 Å². The second kappa shape index (κ2) is 4.97. The van der Waals surface area contributed by atoms with Gasteiger partial charge in [0.1, 0.15) is 0 Å². The maximum atomic E-state index is 11.3. The van der Waals surface area contributed by atoms with Gasteiger partial charge in [-0.3, -0.25) is 9.79 Å². The lowest BCUT2D eigenvalue weighted by Gasteiger charge is -2.58. The molecule has 0 saturated heterocycles. The topological polar surface area (TPSA) is 62.0 Å². The number of ketones is 1. The molecule has 0 radical (unpaired) electrons. The van der Waals surface area contributed by atoms with E-state index in [-0.39, 0.29) is 17.5 Å². The molecule has 1 unspecified atom stereocenters. The number of aliphatic imine (C=N–C) groups is 1. The Hall–Kier alpha value is -1.19. The summed E-state index contributed by atoms with van der Waals surface area (Å²) in [5.74, 6) is 2.46. The Kier molecular flexibility index (Phi) is 3.43. The first-order valence-corrected chi connectivity index (χ1v) is 7.78. The van der Waals surface area contributed by atoms with Crippen LogP contribution in [0.3, 0.4) is 0 Å². The second-order valence-corrected chi connectivity index (χ2v) is 7.28. The standard InChI is InChI=1S/C16H24N2O2/c1-10(19)15(18-20)9-17-11(2)16-6-12-3-13(7-16)5-14(4-12)8-16/h9,11-14,20H,3-8H2,1-2H3/b17-9?,18-15-. The molecule has 1 atom stereocenters. The second-order valence-electron chi connectivity index (χ2n) is 7.28. The minimum Gasteiger partial charge on any atom is -0.410 e. The van der Waals surface area contributed by atoms with Gasteiger partial charge < -0.3 is 5.21 Å². The number of nitrogens with zero attached hydrogens (tertiary/aromatic N) is 2. The average molecular weight is 276 g/mol. The number of carbonyl (C=O) groups is 1. The zero-order valence-corrected chi connectivity index (χ0v) is 12.4. The number of Topliss-reactive ketones (excluding diaryl/α,β-unsaturated/α-hetero) is 1. The molecule has 4 aliphatic carbocycles. The molecule has 0 aromatic rings. The Morgan fingerprint density at radius 2 is 1.70 bits per heavy atom. The molecule has 4 heteroatoms. The van der Waals surface area contributed by atoms with Gasteiger partial charge in [0.25, 0.3) is 0 Å². The van der Waals surface area contributed by atoms with E-state index in [1.807, 2.05) is 0 Å². The molecule has 1 N–H and O–H groups in total. The molecule has 0 aromatic heterocycles. The molecule has 0 spiro atoms. The summed E-state index contributed by atoms with van der Waals surface area (Å²) in [6.45, 7) is 3.56. The van der Waals surface area contributed by atoms with Gasteiger partial charge in [-0.1, -0.05) is 5.16 Å². The fraction of sp³-hybridized carbons (Fsp3) is 0.812. The molecule has 0 aliphatic heterocycles. The van der Waals surface area contributed by atoms with Crippen LogP contribution in [0, 0.1) is 23.2 Å². The van der Waals surface area contributed by atoms with E-state index in [9.17, 15) is 4.79 Å². The summed E-state index contributed by atoms with van der Waals surface area (Å²) in [5, 5.41) is 11.8. The van der Waals surface area contributed by atoms with Gasteiger partial charge in [-0.25, -0.2) is 0 Å². The van der Waals surface area contributed by atoms with Crippen LogP contribution in [0.15, 0.2) is 10.1 Å². The Morgan fingerprint density at radius 1 is 1.20 bits per heavy atom. The maximum Gasteiger partial charge on any atom is 0.183 e. The van der Waals surface area contributed by atoms with E-state index < -0.39 is 0 Å². The van der Waals surface area contributed by atoms with E-state index in [1.54, 1.807) is 0 Å². The molecule has 20 heavy (non-hydrogen) atoms. The van der Waals surface area contributed by atoms with Crippen molar-refractivity contribution in [3.05, 3.63) is 0 Å². The van der Waals surface area contributed by atoms with Gasteiger partial charge >= 0.3 is 0 Å². The van der Waals surface area contributed by atoms with Crippen LogP contribution in [0.4, 0.5) is 0 Å². The third-order valence-electron chi connectivity index (χ3n) is 5.86. The van der Waals surface area contributed by atoms with Crippen molar-refractivity contribution in [2.75, 3.05) is 0 Å². The Balaban J connectivity index is 1.75. The number of hydrogen-bond acceptors (Lipinski definition) is 4. The Morgan fingerprint density at radius 3 is 2.10 bits per heavy atom. The van der Waals surface area contributed by atoms with Gasteiger partial charge in [0, 0.05) is 6.92 Å². The molecule has 4 bridgehead atoms. The van der Waals surface area contributed by atoms with E-state index in [4.69, 9.17) is 5.21 Å². The van der Waals surface area contributed by atoms with Crippen LogP contribution in [-0.2, 0) is 4.79 Å². The lowest BCUT2D eigenvalue weighted by molar-refractivity contribution is -0.111. The summed E-state index contributed by atoms with van der Waals surface area (Å²) in [7, 11) is 0. The van der Waals surface area contributed by atoms with Gasteiger partial charge in [0.05, 0.1) is 12.3 Å². The lowest BCUT2D eigenvalue weighted by atomic mass is 9.48. The van der Waals surface area contributed by atoms with E-state index in [2.05, 4.69) is 17.1 Å². The summed E-state index contributed by atoms with van der Waals surface area (Å²) in [5.41, 5.74) is 0.393. The molecular weight excluding hydrogens is 252 g/mol. The number of rotatable bonds is 4. The SMILES string of the molecule is CC(=O)/C(C=NC(C)C12CC3CC(CC(C3)C1)C2)=N\O. The first-order valence-electron chi connectivity index (χ1n) is 7.78. The maximum absolute atomic E-state index is 11.3. The van der Waals surface area contributed by atoms with Gasteiger partial charge in [-0.15, -0.1) is 0 Å². The van der Waals surface area contributed by atoms with E-state index in [0.29, 0.717) is 5.41 Å². The molecule has 4 aliphatic rings. The number of oxime groups is 1. The molecule has 4 saturated carbocycles. The monoisotopic (exact) mass is 276 g/mol. The van der Waals surface area contributed by atoms with Crippen LogP contribution in [-0.4, -0.2) is 29.0 Å². The zero-order chi connectivity index (χ0) is 14.3. The van der Waals surface area contributed by atoms with Crippen molar-refractivity contribution < 1.29 is 10.0 Å². The van der Waals surface area contributed by atoms with Crippen LogP contribution >= 0.6 is 0 Å². The Labute approximate surface area is 120 Å². The molecule has 110 valence electrons. The van der Waals surface area contributed by atoms with Crippen molar-refractivity contribution >= 4 is 17.7 Å². The Bertz CT molecular complexity index is 432. The lowest BCUT2D eigenvalue weighted by Crippen LogP contribution is -2.50. The van der Waals surface area contributed by atoms with Crippen LogP contribution in [0.5, 0.6) is 0 Å². The minimum atomic E-state index is -0.242. The minimum absolute atomic E-state index is 0.0570. The van der Waals surface area contributed by atoms with Gasteiger partial charge in [-0.05, 0) is 68.6 Å². The molecule has 4 fully saturated rings. The summed E-state index contributed by atoms with van der Waals surface area (Å²) < 4.78 is 0. The molecule has 0 heterocycles. The van der Waals surface area contributed by atoms with Crippen molar-refractivity contribution in [3.63, 3.8) is 0 Å². The van der Waals surface area contributed by atoms with Crippen LogP contribution in [0.25, 0.3) is 0 Å². The highest BCUT2D eigenvalue weighted by atomic mass is 16.4. The van der Waals surface area contributed by atoms with Crippen LogP contribution < -0.4 is 0 Å². The third-order valence-corrected chi connectivity index (χ3v) is 5.86. The normalized spacial score (nSPS) is 41.3. The fourth-order valence-electron chi connectivity index (χ4n) is 5.22. The summed E-state index contributed by atoms with van der Waals surface area (Å²) in [6.07, 6.45) is 9.62. The highest BCUT2D eigenvalue weighted by Gasteiger charge is 2.53. The number of carbonyl (C=O) groups excluding carboxylic acids is 1. The summed E-state index contributed by atoms with van der Waals surface area (Å²) in [6, 6.07) is 0.215. The zero-order valence-electron chi connectivity index (χ0n) is 12.4. The van der Waals surface area contributed by atoms with Crippen molar-refractivity contribution in [3.8, 4) is 0 Å². The van der Waals surface area contributed by atoms with Crippen molar-refractivity contribution in [2.45, 2.75) is 58.4 Å². The number of hydrogen-bond donors (Lipinski definition) is 1. The molecule has 0 aromatic carbocycles. The smallest absolute Gasteiger partial charge is 0.183 e. The van der Waals surface area contributed by atoms with Gasteiger partial charge in [0.2, 0.25) is 0 Å². The van der Waals surface area contributed by atoms with E-state index in [0.717, 1.165) is 17.8 Å². The predicted molar refractivity (Wildman–Crippen MR) is 78.5 cm³/mol. The highest BCUT2D eigenvalue weighted by molar-refractivity contribution is 6.60. The fourth-order valence-corrected chi connectivity index (χ4v) is 5.22. The average Bonchev–Trinajstić information content (AvgIpc) is 2.37. The quantitative estimate of drug-likeness (QED) is 0.487. The van der Waals surface area contributed by atoms with E-state index in [1.165, 1.54) is 51.7 Å². The largest absolute Gasteiger partial charge is 0.410 e.